The summed E-state index contributed by atoms with van der Waals surface area (Å²) in [5, 5.41) is 4.18. The van der Waals surface area contributed by atoms with Crippen LogP contribution in [0, 0.1) is 5.92 Å². The van der Waals surface area contributed by atoms with Crippen molar-refractivity contribution in [2.24, 2.45) is 5.92 Å². The predicted molar refractivity (Wildman–Crippen MR) is 144 cm³/mol. The van der Waals surface area contributed by atoms with Gasteiger partial charge in [-0.2, -0.15) is 0 Å². The first-order valence-corrected chi connectivity index (χ1v) is 14.9. The Morgan fingerprint density at radius 3 is 1.13 bits per heavy atom. The zero-order chi connectivity index (χ0) is 23.0. The summed E-state index contributed by atoms with van der Waals surface area (Å²) in [4.78, 5) is 0. The second-order valence-corrected chi connectivity index (χ2v) is 10.5. The minimum atomic E-state index is 0.694. The number of hydrogen-bond acceptors (Lipinski definition) is 1. The molecule has 0 unspecified atom stereocenters. The Balaban J connectivity index is 4.61. The highest BCUT2D eigenvalue weighted by Crippen LogP contribution is 2.23. The topological polar surface area (TPSA) is 12.0 Å². The Labute approximate surface area is 199 Å². The summed E-state index contributed by atoms with van der Waals surface area (Å²) in [6, 6.07) is 1.45. The van der Waals surface area contributed by atoms with Crippen LogP contribution in [0.15, 0.2) is 0 Å². The van der Waals surface area contributed by atoms with Crippen LogP contribution in [0.3, 0.4) is 0 Å². The normalized spacial score (nSPS) is 12.9. The fraction of sp³-hybridized carbons (Fsp3) is 1.00. The van der Waals surface area contributed by atoms with Crippen molar-refractivity contribution in [2.75, 3.05) is 0 Å². The van der Waals surface area contributed by atoms with Crippen molar-refractivity contribution in [1.29, 1.82) is 0 Å². The molecule has 1 nitrogen and oxygen atoms in total. The molecule has 0 aliphatic heterocycles. The Kier molecular flexibility index (Phi) is 24.6. The van der Waals surface area contributed by atoms with E-state index in [1.807, 2.05) is 0 Å². The highest BCUT2D eigenvalue weighted by atomic mass is 14.9. The van der Waals surface area contributed by atoms with Crippen LogP contribution >= 0.6 is 0 Å². The minimum absolute atomic E-state index is 0.694. The van der Waals surface area contributed by atoms with E-state index in [-0.39, 0.29) is 0 Å². The van der Waals surface area contributed by atoms with Gasteiger partial charge in [-0.1, -0.05) is 143 Å². The molecule has 0 aromatic carbocycles. The maximum Gasteiger partial charge on any atom is 0.00696 e. The number of rotatable bonds is 25. The highest BCUT2D eigenvalue weighted by Gasteiger charge is 2.20. The van der Waals surface area contributed by atoms with Crippen molar-refractivity contribution in [1.82, 2.24) is 5.32 Å². The lowest BCUT2D eigenvalue weighted by Crippen LogP contribution is -2.41. The van der Waals surface area contributed by atoms with Crippen LogP contribution in [-0.2, 0) is 0 Å². The van der Waals surface area contributed by atoms with Crippen LogP contribution in [0.5, 0.6) is 0 Å². The van der Waals surface area contributed by atoms with Crippen LogP contribution in [-0.4, -0.2) is 12.1 Å². The summed E-state index contributed by atoms with van der Waals surface area (Å²) < 4.78 is 0. The molecule has 0 aromatic heterocycles. The molecule has 0 saturated carbocycles. The van der Waals surface area contributed by atoms with Crippen LogP contribution < -0.4 is 5.32 Å². The Bertz CT molecular complexity index is 300. The van der Waals surface area contributed by atoms with Gasteiger partial charge in [0.15, 0.2) is 0 Å². The zero-order valence-corrected chi connectivity index (χ0v) is 22.8. The van der Waals surface area contributed by atoms with Crippen LogP contribution in [0.1, 0.15) is 176 Å². The van der Waals surface area contributed by atoms with Gasteiger partial charge in [0.25, 0.3) is 0 Å². The van der Waals surface area contributed by atoms with Crippen molar-refractivity contribution in [2.45, 2.75) is 188 Å². The third-order valence-electron chi connectivity index (χ3n) is 7.37. The van der Waals surface area contributed by atoms with Crippen molar-refractivity contribution in [3.63, 3.8) is 0 Å². The quantitative estimate of drug-likeness (QED) is 0.140. The van der Waals surface area contributed by atoms with Gasteiger partial charge in [-0.05, 0) is 38.5 Å². The van der Waals surface area contributed by atoms with Crippen LogP contribution in [0.4, 0.5) is 0 Å². The van der Waals surface area contributed by atoms with Gasteiger partial charge in [-0.15, -0.1) is 0 Å². The first-order valence-electron chi connectivity index (χ1n) is 14.9. The Morgan fingerprint density at radius 1 is 0.419 bits per heavy atom. The molecule has 0 aliphatic carbocycles. The smallest absolute Gasteiger partial charge is 0.00696 e. The standard InChI is InChI=1S/C30H63N/c1-6-10-14-18-22-26-30(27-23-19-15-11-7-2)31-28(5)29(24-20-16-12-8-3)25-21-17-13-9-4/h28-31H,6-27H2,1-5H3/t28-/m0/s1. The number of unbranched alkanes of at least 4 members (excludes halogenated alkanes) is 14. The van der Waals surface area contributed by atoms with E-state index in [9.17, 15) is 0 Å². The van der Waals surface area contributed by atoms with Crippen molar-refractivity contribution in [3.05, 3.63) is 0 Å². The van der Waals surface area contributed by atoms with E-state index < -0.39 is 0 Å². The minimum Gasteiger partial charge on any atom is -0.311 e. The van der Waals surface area contributed by atoms with Crippen molar-refractivity contribution < 1.29 is 0 Å². The lowest BCUT2D eigenvalue weighted by Gasteiger charge is -2.30. The van der Waals surface area contributed by atoms with E-state index in [1.165, 1.54) is 141 Å². The maximum atomic E-state index is 4.18. The van der Waals surface area contributed by atoms with E-state index in [0.29, 0.717) is 6.04 Å². The molecule has 31 heavy (non-hydrogen) atoms. The predicted octanol–water partition coefficient (Wildman–Crippen LogP) is 10.6. The third-order valence-corrected chi connectivity index (χ3v) is 7.37. The lowest BCUT2D eigenvalue weighted by molar-refractivity contribution is 0.273. The molecule has 188 valence electrons. The first-order chi connectivity index (χ1) is 15.2. The molecule has 1 atom stereocenters. The van der Waals surface area contributed by atoms with Gasteiger partial charge in [-0.3, -0.25) is 0 Å². The molecular formula is C30H63N. The van der Waals surface area contributed by atoms with E-state index >= 15 is 0 Å². The molecule has 0 bridgehead atoms. The van der Waals surface area contributed by atoms with Crippen LogP contribution in [0.2, 0.25) is 0 Å². The number of hydrogen-bond donors (Lipinski definition) is 1. The molecule has 0 radical (unpaired) electrons. The highest BCUT2D eigenvalue weighted by molar-refractivity contribution is 4.78. The number of nitrogens with one attached hydrogen (secondary N) is 1. The largest absolute Gasteiger partial charge is 0.311 e. The second kappa shape index (κ2) is 24.6. The average molecular weight is 438 g/mol. The summed E-state index contributed by atoms with van der Waals surface area (Å²) >= 11 is 0. The second-order valence-electron chi connectivity index (χ2n) is 10.5. The summed E-state index contributed by atoms with van der Waals surface area (Å²) in [5.74, 6) is 0.886. The molecule has 0 amide bonds. The summed E-state index contributed by atoms with van der Waals surface area (Å²) in [6.07, 6.45) is 31.2. The average Bonchev–Trinajstić information content (AvgIpc) is 2.77. The molecule has 0 heterocycles. The van der Waals surface area contributed by atoms with Gasteiger partial charge < -0.3 is 5.32 Å². The fourth-order valence-electron chi connectivity index (χ4n) is 5.12. The molecule has 1 heteroatoms. The van der Waals surface area contributed by atoms with Crippen molar-refractivity contribution >= 4 is 0 Å². The molecule has 0 aliphatic rings. The first kappa shape index (κ1) is 31.0. The summed E-state index contributed by atoms with van der Waals surface area (Å²) in [5.41, 5.74) is 0. The van der Waals surface area contributed by atoms with Gasteiger partial charge >= 0.3 is 0 Å². The van der Waals surface area contributed by atoms with Crippen molar-refractivity contribution in [3.8, 4) is 0 Å². The molecule has 0 spiro atoms. The molecule has 0 rings (SSSR count). The SMILES string of the molecule is CCCCCCCC(CCCCCCC)N[C@@H](C)C(CCCCCC)CCCCCC. The van der Waals surface area contributed by atoms with Gasteiger partial charge in [0.1, 0.15) is 0 Å². The summed E-state index contributed by atoms with van der Waals surface area (Å²) in [7, 11) is 0. The molecule has 0 saturated heterocycles. The van der Waals surface area contributed by atoms with Crippen LogP contribution in [0.25, 0.3) is 0 Å². The van der Waals surface area contributed by atoms with E-state index in [0.717, 1.165) is 12.0 Å². The maximum absolute atomic E-state index is 4.18. The fourth-order valence-corrected chi connectivity index (χ4v) is 5.12. The zero-order valence-electron chi connectivity index (χ0n) is 22.8. The third kappa shape index (κ3) is 20.3. The van der Waals surface area contributed by atoms with Gasteiger partial charge in [0, 0.05) is 12.1 Å². The van der Waals surface area contributed by atoms with Gasteiger partial charge in [-0.25, -0.2) is 0 Å². The van der Waals surface area contributed by atoms with E-state index in [2.05, 4.69) is 39.9 Å². The van der Waals surface area contributed by atoms with E-state index in [4.69, 9.17) is 0 Å². The molecule has 0 fully saturated rings. The Morgan fingerprint density at radius 2 is 0.742 bits per heavy atom. The molecule has 1 N–H and O–H groups in total. The monoisotopic (exact) mass is 437 g/mol. The summed E-state index contributed by atoms with van der Waals surface area (Å²) in [6.45, 7) is 11.8. The molecular weight excluding hydrogens is 374 g/mol. The lowest BCUT2D eigenvalue weighted by atomic mass is 9.88. The Hall–Kier alpha value is -0.0400. The van der Waals surface area contributed by atoms with Gasteiger partial charge in [0.05, 0.1) is 0 Å². The molecule has 0 aromatic rings. The van der Waals surface area contributed by atoms with E-state index in [1.54, 1.807) is 0 Å². The van der Waals surface area contributed by atoms with Gasteiger partial charge in [0.2, 0.25) is 0 Å².